The third kappa shape index (κ3) is 3.65. The highest BCUT2D eigenvalue weighted by Gasteiger charge is 2.30. The Morgan fingerprint density at radius 3 is 3.19 bits per heavy atom. The lowest BCUT2D eigenvalue weighted by molar-refractivity contribution is -0.126. The Balaban J connectivity index is 1.45. The monoisotopic (exact) mass is 366 g/mol. The second-order valence-electron chi connectivity index (χ2n) is 5.95. The maximum absolute atomic E-state index is 12.6. The fraction of sp³-hybridized carbons (Fsp3) is 0.222. The Morgan fingerprint density at radius 1 is 1.42 bits per heavy atom. The number of H-pyrrole nitrogens is 1. The standard InChI is InChI=1S/C18H18N6OS/c25-17(7-6-13-10-19-12-21-13)24-9-3-4-15(24)14-11-26-18(22-14)23-16-5-1-2-8-20-16/h1-2,5-8,10-12,15H,3-4,9H2,(H,19,21)(H,20,22,23)/b7-6+/t15-/m0/s1. The highest BCUT2D eigenvalue weighted by molar-refractivity contribution is 7.13. The molecule has 1 amide bonds. The summed E-state index contributed by atoms with van der Waals surface area (Å²) in [5, 5.41) is 6.00. The highest BCUT2D eigenvalue weighted by atomic mass is 32.1. The van der Waals surface area contributed by atoms with Gasteiger partial charge < -0.3 is 15.2 Å². The molecular weight excluding hydrogens is 348 g/mol. The second kappa shape index (κ2) is 7.49. The van der Waals surface area contributed by atoms with Crippen molar-refractivity contribution in [3.05, 3.63) is 59.8 Å². The van der Waals surface area contributed by atoms with Gasteiger partial charge in [-0.3, -0.25) is 4.79 Å². The van der Waals surface area contributed by atoms with Gasteiger partial charge in [-0.2, -0.15) is 0 Å². The normalized spacial score (nSPS) is 17.1. The number of nitrogens with zero attached hydrogens (tertiary/aromatic N) is 4. The number of rotatable bonds is 5. The first-order valence-corrected chi connectivity index (χ1v) is 9.28. The van der Waals surface area contributed by atoms with Crippen molar-refractivity contribution in [3.8, 4) is 0 Å². The van der Waals surface area contributed by atoms with Gasteiger partial charge in [0, 0.05) is 24.2 Å². The van der Waals surface area contributed by atoms with Crippen LogP contribution in [-0.2, 0) is 4.79 Å². The molecule has 4 heterocycles. The summed E-state index contributed by atoms with van der Waals surface area (Å²) in [7, 11) is 0. The highest BCUT2D eigenvalue weighted by Crippen LogP contribution is 2.34. The molecule has 3 aromatic rings. The van der Waals surface area contributed by atoms with E-state index < -0.39 is 0 Å². The van der Waals surface area contributed by atoms with Crippen molar-refractivity contribution in [1.82, 2.24) is 24.8 Å². The molecule has 0 saturated carbocycles. The fourth-order valence-electron chi connectivity index (χ4n) is 3.00. The fourth-order valence-corrected chi connectivity index (χ4v) is 3.76. The molecule has 0 radical (unpaired) electrons. The van der Waals surface area contributed by atoms with E-state index in [-0.39, 0.29) is 11.9 Å². The van der Waals surface area contributed by atoms with E-state index in [4.69, 9.17) is 0 Å². The topological polar surface area (TPSA) is 86.8 Å². The Labute approximate surface area is 154 Å². The summed E-state index contributed by atoms with van der Waals surface area (Å²) in [4.78, 5) is 30.3. The molecule has 1 aliphatic rings. The molecule has 3 aromatic heterocycles. The second-order valence-corrected chi connectivity index (χ2v) is 6.81. The van der Waals surface area contributed by atoms with Crippen molar-refractivity contribution < 1.29 is 4.79 Å². The summed E-state index contributed by atoms with van der Waals surface area (Å²) in [6.45, 7) is 0.747. The van der Waals surface area contributed by atoms with Crippen molar-refractivity contribution >= 4 is 34.3 Å². The number of aromatic amines is 1. The lowest BCUT2D eigenvalue weighted by atomic mass is 10.1. The van der Waals surface area contributed by atoms with Crippen molar-refractivity contribution in [2.45, 2.75) is 18.9 Å². The van der Waals surface area contributed by atoms with E-state index in [1.807, 2.05) is 28.5 Å². The number of carbonyl (C=O) groups excluding carboxylic acids is 1. The van der Waals surface area contributed by atoms with Crippen LogP contribution in [0.25, 0.3) is 6.08 Å². The maximum Gasteiger partial charge on any atom is 0.247 e. The van der Waals surface area contributed by atoms with Gasteiger partial charge in [0.15, 0.2) is 5.13 Å². The Kier molecular flexibility index (Phi) is 4.74. The minimum atomic E-state index is -0.00525. The Morgan fingerprint density at radius 2 is 2.38 bits per heavy atom. The SMILES string of the molecule is O=C(/C=C/c1cnc[nH]1)N1CCC[C@H]1c1csc(Nc2ccccn2)n1. The number of hydrogen-bond acceptors (Lipinski definition) is 6. The minimum Gasteiger partial charge on any atom is -0.345 e. The molecule has 7 nitrogen and oxygen atoms in total. The van der Waals surface area contributed by atoms with E-state index in [2.05, 4.69) is 25.3 Å². The van der Waals surface area contributed by atoms with Crippen molar-refractivity contribution in [2.24, 2.45) is 0 Å². The van der Waals surface area contributed by atoms with Crippen molar-refractivity contribution in [2.75, 3.05) is 11.9 Å². The molecule has 0 aliphatic carbocycles. The molecule has 4 rings (SSSR count). The molecule has 1 saturated heterocycles. The number of thiazole rings is 1. The number of nitrogens with one attached hydrogen (secondary N) is 2. The molecule has 1 atom stereocenters. The Bertz CT molecular complexity index is 890. The largest absolute Gasteiger partial charge is 0.345 e. The number of aromatic nitrogens is 4. The predicted molar refractivity (Wildman–Crippen MR) is 101 cm³/mol. The first-order valence-electron chi connectivity index (χ1n) is 8.40. The van der Waals surface area contributed by atoms with Gasteiger partial charge in [-0.25, -0.2) is 15.0 Å². The number of hydrogen-bond donors (Lipinski definition) is 2. The third-order valence-electron chi connectivity index (χ3n) is 4.22. The number of likely N-dealkylation sites (tertiary alicyclic amines) is 1. The van der Waals surface area contributed by atoms with Crippen LogP contribution in [0, 0.1) is 0 Å². The van der Waals surface area contributed by atoms with Crippen LogP contribution in [0.2, 0.25) is 0 Å². The number of pyridine rings is 1. The summed E-state index contributed by atoms with van der Waals surface area (Å²) in [5.41, 5.74) is 1.74. The lowest BCUT2D eigenvalue weighted by Gasteiger charge is -2.21. The van der Waals surface area contributed by atoms with E-state index in [1.165, 1.54) is 11.3 Å². The van der Waals surface area contributed by atoms with Crippen LogP contribution >= 0.6 is 11.3 Å². The summed E-state index contributed by atoms with van der Waals surface area (Å²) in [6, 6.07) is 5.71. The van der Waals surface area contributed by atoms with Crippen molar-refractivity contribution in [3.63, 3.8) is 0 Å². The van der Waals surface area contributed by atoms with E-state index >= 15 is 0 Å². The van der Waals surface area contributed by atoms with Gasteiger partial charge in [-0.1, -0.05) is 6.07 Å². The van der Waals surface area contributed by atoms with E-state index in [0.717, 1.165) is 41.7 Å². The third-order valence-corrected chi connectivity index (χ3v) is 5.00. The van der Waals surface area contributed by atoms with Crippen LogP contribution < -0.4 is 5.32 Å². The van der Waals surface area contributed by atoms with Crippen LogP contribution in [0.1, 0.15) is 30.3 Å². The van der Waals surface area contributed by atoms with Crippen LogP contribution in [-0.4, -0.2) is 37.3 Å². The number of imidazole rings is 1. The first-order chi connectivity index (χ1) is 12.8. The summed E-state index contributed by atoms with van der Waals surface area (Å²) >= 11 is 1.52. The van der Waals surface area contributed by atoms with Gasteiger partial charge in [0.25, 0.3) is 0 Å². The zero-order valence-corrected chi connectivity index (χ0v) is 14.8. The quantitative estimate of drug-likeness (QED) is 0.676. The maximum atomic E-state index is 12.6. The average Bonchev–Trinajstić information content (AvgIpc) is 3.41. The minimum absolute atomic E-state index is 0.00525. The van der Waals surface area contributed by atoms with E-state index in [1.54, 1.807) is 30.9 Å². The molecule has 132 valence electrons. The van der Waals surface area contributed by atoms with Crippen LogP contribution in [0.4, 0.5) is 10.9 Å². The van der Waals surface area contributed by atoms with Gasteiger partial charge in [-0.05, 0) is 31.1 Å². The zero-order chi connectivity index (χ0) is 17.8. The van der Waals surface area contributed by atoms with Crippen molar-refractivity contribution in [1.29, 1.82) is 0 Å². The molecule has 0 aromatic carbocycles. The van der Waals surface area contributed by atoms with Gasteiger partial charge >= 0.3 is 0 Å². The Hall–Kier alpha value is -3.00. The van der Waals surface area contributed by atoms with Gasteiger partial charge in [0.1, 0.15) is 5.82 Å². The molecule has 8 heteroatoms. The van der Waals surface area contributed by atoms with Gasteiger partial charge in [-0.15, -0.1) is 11.3 Å². The summed E-state index contributed by atoms with van der Waals surface area (Å²) < 4.78 is 0. The van der Waals surface area contributed by atoms with E-state index in [9.17, 15) is 4.79 Å². The zero-order valence-electron chi connectivity index (χ0n) is 14.0. The van der Waals surface area contributed by atoms with Gasteiger partial charge in [0.05, 0.1) is 30.0 Å². The smallest absolute Gasteiger partial charge is 0.247 e. The predicted octanol–water partition coefficient (Wildman–Crippen LogP) is 3.38. The summed E-state index contributed by atoms with van der Waals surface area (Å²) in [5.74, 6) is 0.754. The molecule has 1 aliphatic heterocycles. The molecule has 0 spiro atoms. The average molecular weight is 366 g/mol. The molecule has 26 heavy (non-hydrogen) atoms. The molecule has 2 N–H and O–H groups in total. The molecule has 1 fully saturated rings. The van der Waals surface area contributed by atoms with Crippen LogP contribution in [0.5, 0.6) is 0 Å². The van der Waals surface area contributed by atoms with E-state index in [0.29, 0.717) is 0 Å². The first kappa shape index (κ1) is 16.5. The van der Waals surface area contributed by atoms with Gasteiger partial charge in [0.2, 0.25) is 5.91 Å². The molecular formula is C18H18N6OS. The van der Waals surface area contributed by atoms with Crippen LogP contribution in [0.15, 0.2) is 48.4 Å². The number of carbonyl (C=O) groups is 1. The molecule has 0 unspecified atom stereocenters. The van der Waals surface area contributed by atoms with Crippen LogP contribution in [0.3, 0.4) is 0 Å². The number of amides is 1. The summed E-state index contributed by atoms with van der Waals surface area (Å²) in [6.07, 6.45) is 10.3. The lowest BCUT2D eigenvalue weighted by Crippen LogP contribution is -2.29. The number of anilines is 2. The molecule has 0 bridgehead atoms.